The molecule has 2 heterocycles. The maximum atomic E-state index is 11.7. The summed E-state index contributed by atoms with van der Waals surface area (Å²) in [4.78, 5) is 16.2. The van der Waals surface area contributed by atoms with Crippen molar-refractivity contribution >= 4 is 27.5 Å². The summed E-state index contributed by atoms with van der Waals surface area (Å²) in [7, 11) is 0. The standard InChI is InChI=1S/C13H14BrN3O/c1-8-4-11(8)13(18)15-5-10-7-17-6-9(14)2-3-12(17)16-10/h2-3,6-8,11H,4-5H2,1H3,(H,15,18)/t8-,11-/m0/s1. The van der Waals surface area contributed by atoms with Crippen molar-refractivity contribution in [1.29, 1.82) is 0 Å². The van der Waals surface area contributed by atoms with Crippen molar-refractivity contribution in [3.8, 4) is 0 Å². The van der Waals surface area contributed by atoms with Crippen LogP contribution in [0.15, 0.2) is 29.0 Å². The molecule has 4 nitrogen and oxygen atoms in total. The zero-order chi connectivity index (χ0) is 12.7. The second kappa shape index (κ2) is 4.39. The lowest BCUT2D eigenvalue weighted by molar-refractivity contribution is -0.122. The average Bonchev–Trinajstić information content (AvgIpc) is 2.92. The molecule has 0 saturated heterocycles. The Morgan fingerprint density at radius 3 is 3.06 bits per heavy atom. The average molecular weight is 308 g/mol. The van der Waals surface area contributed by atoms with Crippen LogP contribution in [0.1, 0.15) is 19.0 Å². The third-order valence-electron chi connectivity index (χ3n) is 3.35. The van der Waals surface area contributed by atoms with Gasteiger partial charge in [0.05, 0.1) is 12.2 Å². The van der Waals surface area contributed by atoms with Gasteiger partial charge in [-0.05, 0) is 40.4 Å². The number of hydrogen-bond donors (Lipinski definition) is 1. The van der Waals surface area contributed by atoms with Gasteiger partial charge in [0, 0.05) is 22.8 Å². The van der Waals surface area contributed by atoms with Crippen LogP contribution in [0.3, 0.4) is 0 Å². The molecule has 5 heteroatoms. The van der Waals surface area contributed by atoms with Crippen LogP contribution in [-0.2, 0) is 11.3 Å². The van der Waals surface area contributed by atoms with E-state index in [1.807, 2.05) is 28.9 Å². The van der Waals surface area contributed by atoms with Crippen molar-refractivity contribution < 1.29 is 4.79 Å². The van der Waals surface area contributed by atoms with Crippen molar-refractivity contribution in [3.05, 3.63) is 34.7 Å². The number of imidazole rings is 1. The van der Waals surface area contributed by atoms with E-state index in [1.54, 1.807) is 0 Å². The Bertz CT molecular complexity index is 607. The number of halogens is 1. The molecule has 3 rings (SSSR count). The van der Waals surface area contributed by atoms with Crippen molar-refractivity contribution in [2.45, 2.75) is 19.9 Å². The molecule has 0 aliphatic heterocycles. The summed E-state index contributed by atoms with van der Waals surface area (Å²) in [6.07, 6.45) is 4.91. The van der Waals surface area contributed by atoms with Crippen LogP contribution < -0.4 is 5.32 Å². The van der Waals surface area contributed by atoms with Gasteiger partial charge in [0.1, 0.15) is 5.65 Å². The molecule has 2 aromatic heterocycles. The van der Waals surface area contributed by atoms with Gasteiger partial charge < -0.3 is 9.72 Å². The quantitative estimate of drug-likeness (QED) is 0.946. The van der Waals surface area contributed by atoms with E-state index in [-0.39, 0.29) is 11.8 Å². The van der Waals surface area contributed by atoms with E-state index in [1.165, 1.54) is 0 Å². The van der Waals surface area contributed by atoms with Crippen LogP contribution in [0.4, 0.5) is 0 Å². The predicted molar refractivity (Wildman–Crippen MR) is 72.0 cm³/mol. The highest BCUT2D eigenvalue weighted by Gasteiger charge is 2.38. The number of carbonyl (C=O) groups excluding carboxylic acids is 1. The first-order valence-corrected chi connectivity index (χ1v) is 6.83. The van der Waals surface area contributed by atoms with Crippen molar-refractivity contribution in [3.63, 3.8) is 0 Å². The largest absolute Gasteiger partial charge is 0.350 e. The Morgan fingerprint density at radius 2 is 2.33 bits per heavy atom. The second-order valence-corrected chi connectivity index (χ2v) is 5.80. The third kappa shape index (κ3) is 2.27. The number of rotatable bonds is 3. The second-order valence-electron chi connectivity index (χ2n) is 4.88. The van der Waals surface area contributed by atoms with Gasteiger partial charge >= 0.3 is 0 Å². The number of hydrogen-bond acceptors (Lipinski definition) is 2. The lowest BCUT2D eigenvalue weighted by Crippen LogP contribution is -2.24. The van der Waals surface area contributed by atoms with E-state index in [2.05, 4.69) is 33.2 Å². The summed E-state index contributed by atoms with van der Waals surface area (Å²) >= 11 is 3.42. The number of carbonyl (C=O) groups is 1. The molecule has 2 atom stereocenters. The van der Waals surface area contributed by atoms with Gasteiger partial charge in [-0.3, -0.25) is 4.79 Å². The lowest BCUT2D eigenvalue weighted by Gasteiger charge is -2.00. The van der Waals surface area contributed by atoms with Gasteiger partial charge in [-0.25, -0.2) is 4.98 Å². The molecule has 2 aromatic rings. The van der Waals surface area contributed by atoms with Gasteiger partial charge in [-0.15, -0.1) is 0 Å². The molecule has 0 spiro atoms. The van der Waals surface area contributed by atoms with Gasteiger partial charge in [0.15, 0.2) is 0 Å². The first kappa shape index (κ1) is 11.7. The van der Waals surface area contributed by atoms with Gasteiger partial charge in [-0.2, -0.15) is 0 Å². The van der Waals surface area contributed by atoms with E-state index in [0.717, 1.165) is 22.2 Å². The van der Waals surface area contributed by atoms with Crippen molar-refractivity contribution in [2.75, 3.05) is 0 Å². The topological polar surface area (TPSA) is 46.4 Å². The maximum absolute atomic E-state index is 11.7. The zero-order valence-electron chi connectivity index (χ0n) is 10.1. The van der Waals surface area contributed by atoms with Gasteiger partial charge in [0.25, 0.3) is 0 Å². The van der Waals surface area contributed by atoms with Crippen LogP contribution in [0.5, 0.6) is 0 Å². The maximum Gasteiger partial charge on any atom is 0.223 e. The van der Waals surface area contributed by atoms with Crippen molar-refractivity contribution in [2.24, 2.45) is 11.8 Å². The fourth-order valence-electron chi connectivity index (χ4n) is 2.10. The van der Waals surface area contributed by atoms with Gasteiger partial charge in [-0.1, -0.05) is 6.92 Å². The molecule has 1 fully saturated rings. The Balaban J connectivity index is 1.69. The Kier molecular flexibility index (Phi) is 2.86. The fraction of sp³-hybridized carbons (Fsp3) is 0.385. The summed E-state index contributed by atoms with van der Waals surface area (Å²) in [5, 5.41) is 2.94. The van der Waals surface area contributed by atoms with E-state index in [4.69, 9.17) is 0 Å². The van der Waals surface area contributed by atoms with Crippen molar-refractivity contribution in [1.82, 2.24) is 14.7 Å². The predicted octanol–water partition coefficient (Wildman–Crippen LogP) is 2.37. The normalized spacial score (nSPS) is 22.1. The summed E-state index contributed by atoms with van der Waals surface area (Å²) in [6, 6.07) is 3.90. The monoisotopic (exact) mass is 307 g/mol. The molecule has 0 unspecified atom stereocenters. The summed E-state index contributed by atoms with van der Waals surface area (Å²) in [5.41, 5.74) is 1.77. The van der Waals surface area contributed by atoms with Crippen LogP contribution in [0.2, 0.25) is 0 Å². The molecule has 0 aromatic carbocycles. The van der Waals surface area contributed by atoms with Crippen LogP contribution in [0, 0.1) is 11.8 Å². The smallest absolute Gasteiger partial charge is 0.223 e. The highest BCUT2D eigenvalue weighted by Crippen LogP contribution is 2.37. The van der Waals surface area contributed by atoms with Crippen LogP contribution in [-0.4, -0.2) is 15.3 Å². The molecule has 0 radical (unpaired) electrons. The number of nitrogens with zero attached hydrogens (tertiary/aromatic N) is 2. The highest BCUT2D eigenvalue weighted by molar-refractivity contribution is 9.10. The minimum absolute atomic E-state index is 0.153. The van der Waals surface area contributed by atoms with Crippen LogP contribution in [0.25, 0.3) is 5.65 Å². The number of aromatic nitrogens is 2. The molecule has 1 N–H and O–H groups in total. The zero-order valence-corrected chi connectivity index (χ0v) is 11.6. The van der Waals surface area contributed by atoms with Crippen LogP contribution >= 0.6 is 15.9 Å². The van der Waals surface area contributed by atoms with E-state index in [9.17, 15) is 4.79 Å². The Morgan fingerprint density at radius 1 is 1.56 bits per heavy atom. The fourth-order valence-corrected chi connectivity index (χ4v) is 2.45. The molecular weight excluding hydrogens is 294 g/mol. The molecule has 0 bridgehead atoms. The molecule has 1 aliphatic carbocycles. The van der Waals surface area contributed by atoms with E-state index >= 15 is 0 Å². The molecule has 18 heavy (non-hydrogen) atoms. The molecule has 1 amide bonds. The Hall–Kier alpha value is -1.36. The number of nitrogens with one attached hydrogen (secondary N) is 1. The summed E-state index contributed by atoms with van der Waals surface area (Å²) < 4.78 is 2.96. The first-order chi connectivity index (χ1) is 8.63. The van der Waals surface area contributed by atoms with E-state index < -0.39 is 0 Å². The summed E-state index contributed by atoms with van der Waals surface area (Å²) in [5.74, 6) is 0.916. The SMILES string of the molecule is C[C@H]1C[C@@H]1C(=O)NCc1cn2cc(Br)ccc2n1. The van der Waals surface area contributed by atoms with Gasteiger partial charge in [0.2, 0.25) is 5.91 Å². The lowest BCUT2D eigenvalue weighted by atomic mass is 10.3. The minimum Gasteiger partial charge on any atom is -0.350 e. The molecular formula is C13H14BrN3O. The third-order valence-corrected chi connectivity index (χ3v) is 3.82. The molecule has 1 saturated carbocycles. The van der Waals surface area contributed by atoms with E-state index in [0.29, 0.717) is 12.5 Å². The summed E-state index contributed by atoms with van der Waals surface area (Å²) in [6.45, 7) is 2.61. The highest BCUT2D eigenvalue weighted by atomic mass is 79.9. The Labute approximate surface area is 114 Å². The number of fused-ring (bicyclic) bond motifs is 1. The molecule has 1 aliphatic rings. The number of pyridine rings is 1. The first-order valence-electron chi connectivity index (χ1n) is 6.04. The molecule has 94 valence electrons. The number of amides is 1. The minimum atomic E-state index is 0.153.